The fourth-order valence-electron chi connectivity index (χ4n) is 3.21. The molecule has 8 nitrogen and oxygen atoms in total. The Bertz CT molecular complexity index is 994. The Hall–Kier alpha value is -3.17. The SMILES string of the molecule is COc1ccccc1N1C(=O)/C(=C/c2ccc(N3CCOCC3)o2)C(=O)NC1=S. The van der Waals surface area contributed by atoms with Crippen LogP contribution in [0.25, 0.3) is 6.08 Å². The van der Waals surface area contributed by atoms with E-state index in [-0.39, 0.29) is 10.7 Å². The molecule has 2 amide bonds. The summed E-state index contributed by atoms with van der Waals surface area (Å²) in [4.78, 5) is 28.8. The normalized spacial score (nSPS) is 18.9. The molecule has 2 aliphatic rings. The van der Waals surface area contributed by atoms with Crippen LogP contribution in [0.2, 0.25) is 0 Å². The minimum atomic E-state index is -0.574. The summed E-state index contributed by atoms with van der Waals surface area (Å²) in [5.41, 5.74) is 0.372. The first-order valence-electron chi connectivity index (χ1n) is 9.05. The highest BCUT2D eigenvalue weighted by Crippen LogP contribution is 2.31. The van der Waals surface area contributed by atoms with Gasteiger partial charge in [0, 0.05) is 19.2 Å². The standard InChI is InChI=1S/C20H19N3O5S/c1-26-16-5-3-2-4-15(16)23-19(25)14(18(24)21-20(23)29)12-13-6-7-17(28-13)22-8-10-27-11-9-22/h2-7,12H,8-11H2,1H3,(H,21,24,29)/b14-12+. The third kappa shape index (κ3) is 3.74. The van der Waals surface area contributed by atoms with Gasteiger partial charge in [-0.1, -0.05) is 12.1 Å². The predicted molar refractivity (Wildman–Crippen MR) is 111 cm³/mol. The van der Waals surface area contributed by atoms with Crippen LogP contribution in [-0.2, 0) is 14.3 Å². The number of benzene rings is 1. The van der Waals surface area contributed by atoms with Crippen LogP contribution in [0.5, 0.6) is 5.75 Å². The van der Waals surface area contributed by atoms with E-state index in [0.29, 0.717) is 36.3 Å². The molecule has 1 aromatic carbocycles. The van der Waals surface area contributed by atoms with E-state index in [9.17, 15) is 9.59 Å². The maximum Gasteiger partial charge on any atom is 0.270 e. The zero-order chi connectivity index (χ0) is 20.4. The summed E-state index contributed by atoms with van der Waals surface area (Å²) in [6.45, 7) is 2.70. The van der Waals surface area contributed by atoms with Crippen molar-refractivity contribution >= 4 is 46.8 Å². The molecule has 0 unspecified atom stereocenters. The summed E-state index contributed by atoms with van der Waals surface area (Å²) >= 11 is 5.23. The number of carbonyl (C=O) groups excluding carboxylic acids is 2. The Kier molecular flexibility index (Phi) is 5.32. The molecule has 0 radical (unpaired) electrons. The van der Waals surface area contributed by atoms with E-state index in [4.69, 9.17) is 26.1 Å². The Balaban J connectivity index is 1.64. The van der Waals surface area contributed by atoms with Gasteiger partial charge in [0.15, 0.2) is 11.0 Å². The molecule has 0 saturated carbocycles. The van der Waals surface area contributed by atoms with Crippen molar-refractivity contribution in [2.24, 2.45) is 0 Å². The minimum Gasteiger partial charge on any atom is -0.495 e. The first-order chi connectivity index (χ1) is 14.1. The zero-order valence-electron chi connectivity index (χ0n) is 15.7. The lowest BCUT2D eigenvalue weighted by molar-refractivity contribution is -0.122. The summed E-state index contributed by atoms with van der Waals surface area (Å²) in [6, 6.07) is 10.5. The molecular formula is C20H19N3O5S. The van der Waals surface area contributed by atoms with Crippen molar-refractivity contribution in [2.45, 2.75) is 0 Å². The molecule has 29 heavy (non-hydrogen) atoms. The molecule has 4 rings (SSSR count). The number of hydrogen-bond donors (Lipinski definition) is 1. The first kappa shape index (κ1) is 19.2. The summed E-state index contributed by atoms with van der Waals surface area (Å²) in [5, 5.41) is 2.55. The Morgan fingerprint density at radius 1 is 1.14 bits per heavy atom. The van der Waals surface area contributed by atoms with Gasteiger partial charge in [0.2, 0.25) is 0 Å². The molecule has 150 valence electrons. The third-order valence-electron chi connectivity index (χ3n) is 4.65. The van der Waals surface area contributed by atoms with Gasteiger partial charge in [-0.25, -0.2) is 4.90 Å². The second-order valence-corrected chi connectivity index (χ2v) is 6.79. The molecule has 1 N–H and O–H groups in total. The number of ether oxygens (including phenoxy) is 2. The number of thiocarbonyl (C=S) groups is 1. The number of anilines is 2. The van der Waals surface area contributed by atoms with Gasteiger partial charge in [-0.15, -0.1) is 0 Å². The molecule has 2 fully saturated rings. The maximum atomic E-state index is 13.1. The lowest BCUT2D eigenvalue weighted by Crippen LogP contribution is -2.54. The second-order valence-electron chi connectivity index (χ2n) is 6.41. The van der Waals surface area contributed by atoms with Crippen LogP contribution in [0.4, 0.5) is 11.6 Å². The van der Waals surface area contributed by atoms with Crippen LogP contribution in [-0.4, -0.2) is 50.3 Å². The molecule has 0 atom stereocenters. The van der Waals surface area contributed by atoms with E-state index in [1.807, 2.05) is 11.0 Å². The van der Waals surface area contributed by atoms with Gasteiger partial charge in [-0.3, -0.25) is 14.9 Å². The number of morpholine rings is 1. The summed E-state index contributed by atoms with van der Waals surface area (Å²) < 4.78 is 16.5. The Labute approximate surface area is 172 Å². The van der Waals surface area contributed by atoms with Crippen molar-refractivity contribution in [3.8, 4) is 5.75 Å². The number of para-hydroxylation sites is 2. The van der Waals surface area contributed by atoms with Crippen molar-refractivity contribution in [3.05, 3.63) is 47.7 Å². The molecule has 0 bridgehead atoms. The van der Waals surface area contributed by atoms with Gasteiger partial charge >= 0.3 is 0 Å². The molecule has 2 saturated heterocycles. The van der Waals surface area contributed by atoms with Gasteiger partial charge in [-0.05, 0) is 36.5 Å². The highest BCUT2D eigenvalue weighted by atomic mass is 32.1. The zero-order valence-corrected chi connectivity index (χ0v) is 16.5. The Morgan fingerprint density at radius 2 is 1.90 bits per heavy atom. The third-order valence-corrected chi connectivity index (χ3v) is 4.93. The van der Waals surface area contributed by atoms with Crippen LogP contribution in [0, 0.1) is 0 Å². The molecule has 0 aliphatic carbocycles. The number of amides is 2. The van der Waals surface area contributed by atoms with Crippen molar-refractivity contribution in [2.75, 3.05) is 43.2 Å². The number of carbonyl (C=O) groups is 2. The van der Waals surface area contributed by atoms with E-state index < -0.39 is 11.8 Å². The van der Waals surface area contributed by atoms with Gasteiger partial charge in [-0.2, -0.15) is 0 Å². The van der Waals surface area contributed by atoms with Crippen LogP contribution < -0.4 is 19.9 Å². The van der Waals surface area contributed by atoms with Gasteiger partial charge < -0.3 is 18.8 Å². The maximum absolute atomic E-state index is 13.1. The lowest BCUT2D eigenvalue weighted by Gasteiger charge is -2.29. The summed E-state index contributed by atoms with van der Waals surface area (Å²) in [7, 11) is 1.50. The monoisotopic (exact) mass is 413 g/mol. The van der Waals surface area contributed by atoms with Crippen molar-refractivity contribution < 1.29 is 23.5 Å². The summed E-state index contributed by atoms with van der Waals surface area (Å²) in [6.07, 6.45) is 1.42. The van der Waals surface area contributed by atoms with Crippen LogP contribution in [0.1, 0.15) is 5.76 Å². The number of hydrogen-bond acceptors (Lipinski definition) is 7. The molecule has 9 heteroatoms. The van der Waals surface area contributed by atoms with E-state index in [0.717, 1.165) is 13.1 Å². The highest BCUT2D eigenvalue weighted by Gasteiger charge is 2.36. The largest absolute Gasteiger partial charge is 0.495 e. The minimum absolute atomic E-state index is 0.00454. The average molecular weight is 413 g/mol. The summed E-state index contributed by atoms with van der Waals surface area (Å²) in [5.74, 6) is 0.410. The molecular weight excluding hydrogens is 394 g/mol. The van der Waals surface area contributed by atoms with E-state index in [1.165, 1.54) is 18.1 Å². The number of nitrogens with zero attached hydrogens (tertiary/aromatic N) is 2. The topological polar surface area (TPSA) is 84.2 Å². The van der Waals surface area contributed by atoms with Gasteiger partial charge in [0.25, 0.3) is 11.8 Å². The molecule has 1 aromatic heterocycles. The van der Waals surface area contributed by atoms with Gasteiger partial charge in [0.05, 0.1) is 26.0 Å². The average Bonchev–Trinajstić information content (AvgIpc) is 3.21. The molecule has 3 heterocycles. The molecule has 2 aromatic rings. The van der Waals surface area contributed by atoms with E-state index in [2.05, 4.69) is 5.32 Å². The van der Waals surface area contributed by atoms with Crippen LogP contribution >= 0.6 is 12.2 Å². The number of furan rings is 1. The second kappa shape index (κ2) is 8.06. The molecule has 0 spiro atoms. The van der Waals surface area contributed by atoms with Crippen molar-refractivity contribution in [1.29, 1.82) is 0 Å². The van der Waals surface area contributed by atoms with Crippen molar-refractivity contribution in [1.82, 2.24) is 5.32 Å². The Morgan fingerprint density at radius 3 is 2.66 bits per heavy atom. The van der Waals surface area contributed by atoms with Crippen LogP contribution in [0.15, 0.2) is 46.4 Å². The van der Waals surface area contributed by atoms with E-state index in [1.54, 1.807) is 30.3 Å². The van der Waals surface area contributed by atoms with Crippen LogP contribution in [0.3, 0.4) is 0 Å². The van der Waals surface area contributed by atoms with Gasteiger partial charge in [0.1, 0.15) is 17.1 Å². The number of nitrogens with one attached hydrogen (secondary N) is 1. The van der Waals surface area contributed by atoms with Crippen molar-refractivity contribution in [3.63, 3.8) is 0 Å². The fraction of sp³-hybridized carbons (Fsp3) is 0.250. The first-order valence-corrected chi connectivity index (χ1v) is 9.46. The number of methoxy groups -OCH3 is 1. The molecule has 2 aliphatic heterocycles. The quantitative estimate of drug-likeness (QED) is 0.466. The lowest BCUT2D eigenvalue weighted by atomic mass is 10.1. The van der Waals surface area contributed by atoms with E-state index >= 15 is 0 Å². The predicted octanol–water partition coefficient (Wildman–Crippen LogP) is 1.96. The number of rotatable bonds is 4. The fourth-order valence-corrected chi connectivity index (χ4v) is 3.48. The highest BCUT2D eigenvalue weighted by molar-refractivity contribution is 7.80. The smallest absolute Gasteiger partial charge is 0.270 e.